The minimum absolute atomic E-state index is 0.534. The fourth-order valence-electron chi connectivity index (χ4n) is 1.94. The van der Waals surface area contributed by atoms with Gasteiger partial charge >= 0.3 is 0 Å². The third-order valence-corrected chi connectivity index (χ3v) is 3.72. The molecule has 3 aromatic heterocycles. The molecule has 0 aliphatic rings. The highest BCUT2D eigenvalue weighted by Crippen LogP contribution is 2.36. The molecule has 20 heavy (non-hydrogen) atoms. The van der Waals surface area contributed by atoms with Crippen molar-refractivity contribution in [3.8, 4) is 11.1 Å². The van der Waals surface area contributed by atoms with Gasteiger partial charge in [-0.1, -0.05) is 6.07 Å². The topological polar surface area (TPSA) is 92.5 Å². The maximum atomic E-state index is 5.96. The molecule has 0 atom stereocenters. The lowest BCUT2D eigenvalue weighted by molar-refractivity contribution is 0.981. The predicted molar refractivity (Wildman–Crippen MR) is 80.5 cm³/mol. The van der Waals surface area contributed by atoms with Crippen molar-refractivity contribution in [2.75, 3.05) is 17.6 Å². The van der Waals surface area contributed by atoms with Crippen LogP contribution in [0.4, 0.5) is 10.8 Å². The van der Waals surface area contributed by atoms with Crippen molar-refractivity contribution in [2.24, 2.45) is 0 Å². The number of H-pyrrole nitrogens is 1. The van der Waals surface area contributed by atoms with Gasteiger partial charge in [-0.15, -0.1) is 0 Å². The van der Waals surface area contributed by atoms with E-state index < -0.39 is 0 Å². The Hall–Kier alpha value is -2.41. The van der Waals surface area contributed by atoms with Gasteiger partial charge in [0.2, 0.25) is 0 Å². The molecule has 0 radical (unpaired) electrons. The first-order valence-electron chi connectivity index (χ1n) is 6.21. The number of imidazole rings is 1. The molecule has 7 heteroatoms. The average Bonchev–Trinajstić information content (AvgIpc) is 3.10. The Balaban J connectivity index is 1.74. The molecule has 0 saturated carbocycles. The molecule has 6 nitrogen and oxygen atoms in total. The van der Waals surface area contributed by atoms with Crippen LogP contribution in [0.5, 0.6) is 0 Å². The summed E-state index contributed by atoms with van der Waals surface area (Å²) >= 11 is 1.37. The van der Waals surface area contributed by atoms with E-state index in [1.165, 1.54) is 11.5 Å². The third kappa shape index (κ3) is 2.62. The SMILES string of the molecule is Nc1nsc(NCCc2cnc[nH]2)c1-c1cccnc1. The standard InChI is InChI=1S/C13H14N6S/c14-12-11(9-2-1-4-15-6-9)13(20-19-12)17-5-3-10-7-16-8-18-10/h1-2,4,6-8,17H,3,5H2,(H2,14,19)(H,16,18). The molecule has 0 amide bonds. The van der Waals surface area contributed by atoms with Gasteiger partial charge in [0, 0.05) is 42.8 Å². The minimum atomic E-state index is 0.534. The third-order valence-electron chi connectivity index (χ3n) is 2.90. The summed E-state index contributed by atoms with van der Waals surface area (Å²) in [5.74, 6) is 0.534. The Labute approximate surface area is 120 Å². The normalized spacial score (nSPS) is 10.6. The van der Waals surface area contributed by atoms with Crippen LogP contribution in [0.3, 0.4) is 0 Å². The quantitative estimate of drug-likeness (QED) is 0.668. The number of hydrogen-bond donors (Lipinski definition) is 3. The maximum absolute atomic E-state index is 5.96. The lowest BCUT2D eigenvalue weighted by atomic mass is 10.1. The van der Waals surface area contributed by atoms with Crippen molar-refractivity contribution in [3.05, 3.63) is 42.7 Å². The van der Waals surface area contributed by atoms with Crippen LogP contribution in [0.1, 0.15) is 5.69 Å². The van der Waals surface area contributed by atoms with Gasteiger partial charge in [-0.3, -0.25) is 4.98 Å². The number of hydrogen-bond acceptors (Lipinski definition) is 6. The van der Waals surface area contributed by atoms with E-state index in [0.29, 0.717) is 5.82 Å². The molecule has 4 N–H and O–H groups in total. The van der Waals surface area contributed by atoms with E-state index in [9.17, 15) is 0 Å². The fourth-order valence-corrected chi connectivity index (χ4v) is 2.71. The lowest BCUT2D eigenvalue weighted by Gasteiger charge is -2.06. The van der Waals surface area contributed by atoms with Crippen LogP contribution in [0.15, 0.2) is 37.1 Å². The number of nitrogens with one attached hydrogen (secondary N) is 2. The average molecular weight is 286 g/mol. The van der Waals surface area contributed by atoms with E-state index in [4.69, 9.17) is 5.73 Å². The first-order chi connectivity index (χ1) is 9.84. The van der Waals surface area contributed by atoms with Crippen LogP contribution in [-0.4, -0.2) is 25.9 Å². The molecule has 0 unspecified atom stereocenters. The van der Waals surface area contributed by atoms with Gasteiger partial charge < -0.3 is 16.0 Å². The summed E-state index contributed by atoms with van der Waals surface area (Å²) < 4.78 is 4.22. The molecule has 0 aliphatic heterocycles. The van der Waals surface area contributed by atoms with Gasteiger partial charge in [-0.2, -0.15) is 4.37 Å². The molecule has 3 aromatic rings. The number of anilines is 2. The smallest absolute Gasteiger partial charge is 0.147 e. The molecule has 0 fully saturated rings. The molecule has 0 aromatic carbocycles. The van der Waals surface area contributed by atoms with E-state index in [-0.39, 0.29) is 0 Å². The summed E-state index contributed by atoms with van der Waals surface area (Å²) in [7, 11) is 0. The summed E-state index contributed by atoms with van der Waals surface area (Å²) in [6, 6.07) is 3.87. The van der Waals surface area contributed by atoms with Crippen molar-refractivity contribution in [3.63, 3.8) is 0 Å². The fraction of sp³-hybridized carbons (Fsp3) is 0.154. The summed E-state index contributed by atoms with van der Waals surface area (Å²) in [6.07, 6.45) is 7.90. The Kier molecular flexibility index (Phi) is 3.60. The van der Waals surface area contributed by atoms with E-state index in [0.717, 1.165) is 34.8 Å². The van der Waals surface area contributed by atoms with Gasteiger partial charge in [0.05, 0.1) is 11.9 Å². The highest BCUT2D eigenvalue weighted by Gasteiger charge is 2.13. The van der Waals surface area contributed by atoms with E-state index in [1.807, 2.05) is 18.3 Å². The monoisotopic (exact) mass is 286 g/mol. The van der Waals surface area contributed by atoms with Crippen LogP contribution < -0.4 is 11.1 Å². The molecule has 0 saturated heterocycles. The van der Waals surface area contributed by atoms with Crippen LogP contribution in [0.25, 0.3) is 11.1 Å². The first kappa shape index (κ1) is 12.6. The van der Waals surface area contributed by atoms with Crippen LogP contribution in [0.2, 0.25) is 0 Å². The lowest BCUT2D eigenvalue weighted by Crippen LogP contribution is -2.04. The van der Waals surface area contributed by atoms with Gasteiger partial charge in [0.1, 0.15) is 10.8 Å². The molecule has 102 valence electrons. The first-order valence-corrected chi connectivity index (χ1v) is 6.98. The number of nitrogens with two attached hydrogens (primary N) is 1. The van der Waals surface area contributed by atoms with E-state index in [1.54, 1.807) is 18.7 Å². The van der Waals surface area contributed by atoms with Crippen molar-refractivity contribution in [1.29, 1.82) is 0 Å². The summed E-state index contributed by atoms with van der Waals surface area (Å²) in [6.45, 7) is 0.789. The Morgan fingerprint density at radius 3 is 3.00 bits per heavy atom. The molecule has 0 aliphatic carbocycles. The number of nitrogens with zero attached hydrogens (tertiary/aromatic N) is 3. The van der Waals surface area contributed by atoms with Gasteiger partial charge in [-0.25, -0.2) is 4.98 Å². The highest BCUT2D eigenvalue weighted by atomic mass is 32.1. The number of aromatic amines is 1. The maximum Gasteiger partial charge on any atom is 0.147 e. The molecule has 3 heterocycles. The minimum Gasteiger partial charge on any atom is -0.382 e. The Bertz CT molecular complexity index is 661. The van der Waals surface area contributed by atoms with Crippen molar-refractivity contribution < 1.29 is 0 Å². The largest absolute Gasteiger partial charge is 0.382 e. The van der Waals surface area contributed by atoms with Gasteiger partial charge in [0.15, 0.2) is 0 Å². The van der Waals surface area contributed by atoms with Crippen LogP contribution >= 0.6 is 11.5 Å². The predicted octanol–water partition coefficient (Wildman–Crippen LogP) is 2.17. The summed E-state index contributed by atoms with van der Waals surface area (Å²) in [5, 5.41) is 4.34. The summed E-state index contributed by atoms with van der Waals surface area (Å²) in [5.41, 5.74) is 8.95. The number of pyridine rings is 1. The second kappa shape index (κ2) is 5.70. The highest BCUT2D eigenvalue weighted by molar-refractivity contribution is 7.11. The Morgan fingerprint density at radius 1 is 1.30 bits per heavy atom. The van der Waals surface area contributed by atoms with Crippen LogP contribution in [-0.2, 0) is 6.42 Å². The van der Waals surface area contributed by atoms with E-state index in [2.05, 4.69) is 24.6 Å². The zero-order valence-corrected chi connectivity index (χ0v) is 11.5. The number of nitrogen functional groups attached to an aromatic ring is 1. The van der Waals surface area contributed by atoms with Crippen molar-refractivity contribution in [2.45, 2.75) is 6.42 Å². The van der Waals surface area contributed by atoms with Gasteiger partial charge in [0.25, 0.3) is 0 Å². The van der Waals surface area contributed by atoms with Gasteiger partial charge in [-0.05, 0) is 17.6 Å². The molecular formula is C13H14N6S. The molecule has 0 spiro atoms. The number of aromatic nitrogens is 4. The second-order valence-electron chi connectivity index (χ2n) is 4.27. The zero-order chi connectivity index (χ0) is 13.8. The van der Waals surface area contributed by atoms with E-state index >= 15 is 0 Å². The summed E-state index contributed by atoms with van der Waals surface area (Å²) in [4.78, 5) is 11.2. The Morgan fingerprint density at radius 2 is 2.25 bits per heavy atom. The molecule has 3 rings (SSSR count). The zero-order valence-electron chi connectivity index (χ0n) is 10.7. The number of rotatable bonds is 5. The second-order valence-corrected chi connectivity index (χ2v) is 5.04. The van der Waals surface area contributed by atoms with Crippen LogP contribution in [0, 0.1) is 0 Å². The molecular weight excluding hydrogens is 272 g/mol. The van der Waals surface area contributed by atoms with Crippen molar-refractivity contribution >= 4 is 22.4 Å². The molecule has 0 bridgehead atoms. The van der Waals surface area contributed by atoms with Crippen molar-refractivity contribution in [1.82, 2.24) is 19.3 Å².